The van der Waals surface area contributed by atoms with Crippen molar-refractivity contribution in [3.63, 3.8) is 0 Å². The number of hydrogen-bond acceptors (Lipinski definition) is 5. The summed E-state index contributed by atoms with van der Waals surface area (Å²) < 4.78 is 0. The van der Waals surface area contributed by atoms with Crippen molar-refractivity contribution in [2.75, 3.05) is 64.2 Å². The monoisotopic (exact) mass is 685 g/mol. The minimum Gasteiger partial charge on any atom is -0.341 e. The van der Waals surface area contributed by atoms with Crippen molar-refractivity contribution in [3.8, 4) is 0 Å². The van der Waals surface area contributed by atoms with E-state index in [0.717, 1.165) is 75.1 Å². The van der Waals surface area contributed by atoms with Gasteiger partial charge in [0.25, 0.3) is 0 Å². The number of nitrogens with zero attached hydrogens (tertiary/aromatic N) is 5. The maximum atomic E-state index is 14.2. The Bertz CT molecular complexity index is 1520. The highest BCUT2D eigenvalue weighted by molar-refractivity contribution is 5.91. The smallest absolute Gasteiger partial charge is 0.322 e. The normalized spacial score (nSPS) is 20.2. The zero-order valence-electron chi connectivity index (χ0n) is 30.2. The standard InChI is InChI=1S/C39H55N7O4/c1-4-30-11-10-29(26-31(30)5-2)27-36(37(48)44-17-13-33(14-18-44)43-24-22-42(23-25-43)28(3)47)41-38(49)45-19-15-34(16-20-45)46-21-12-32-8-6-7-9-35(32)40-39(46)50/h6-11,26,33-34,36H,4-5,12-25,27H2,1-3H3,(H,40,50)(H,41,49)/t36-/m1/s1. The first-order valence-corrected chi connectivity index (χ1v) is 18.8. The van der Waals surface area contributed by atoms with Gasteiger partial charge in [0.2, 0.25) is 11.8 Å². The fraction of sp³-hybridized carbons (Fsp3) is 0.590. The summed E-state index contributed by atoms with van der Waals surface area (Å²) in [6.07, 6.45) is 6.30. The molecule has 11 nitrogen and oxygen atoms in total. The molecule has 50 heavy (non-hydrogen) atoms. The van der Waals surface area contributed by atoms with Crippen molar-refractivity contribution in [1.29, 1.82) is 0 Å². The van der Waals surface area contributed by atoms with Gasteiger partial charge in [-0.1, -0.05) is 50.2 Å². The number of benzene rings is 2. The molecule has 0 bridgehead atoms. The second kappa shape index (κ2) is 16.3. The summed E-state index contributed by atoms with van der Waals surface area (Å²) >= 11 is 0. The molecule has 6 rings (SSSR count). The number of fused-ring (bicyclic) bond motifs is 1. The van der Waals surface area contributed by atoms with E-state index < -0.39 is 6.04 Å². The number of piperazine rings is 1. The maximum Gasteiger partial charge on any atom is 0.322 e. The lowest BCUT2D eigenvalue weighted by molar-refractivity contribution is -0.136. The number of urea groups is 2. The first-order chi connectivity index (χ1) is 24.2. The number of carbonyl (C=O) groups is 4. The van der Waals surface area contributed by atoms with E-state index in [0.29, 0.717) is 58.0 Å². The zero-order chi connectivity index (χ0) is 35.2. The third-order valence-corrected chi connectivity index (χ3v) is 11.5. The van der Waals surface area contributed by atoms with E-state index in [2.05, 4.69) is 53.6 Å². The third-order valence-electron chi connectivity index (χ3n) is 11.5. The van der Waals surface area contributed by atoms with Crippen LogP contribution in [0.1, 0.15) is 68.7 Å². The SMILES string of the molecule is CCc1ccc(C[C@@H](NC(=O)N2CCC(N3CCc4ccccc4NC3=O)CC2)C(=O)N2CCC(N3CCN(C(C)=O)CC3)CC2)cc1CC. The molecule has 0 radical (unpaired) electrons. The molecule has 0 aliphatic carbocycles. The lowest BCUT2D eigenvalue weighted by atomic mass is 9.95. The molecule has 2 aromatic rings. The Balaban J connectivity index is 1.08. The van der Waals surface area contributed by atoms with E-state index >= 15 is 0 Å². The molecule has 1 atom stereocenters. The van der Waals surface area contributed by atoms with Gasteiger partial charge >= 0.3 is 12.1 Å². The lowest BCUT2D eigenvalue weighted by Crippen LogP contribution is -2.58. The molecule has 0 unspecified atom stereocenters. The second-order valence-corrected chi connectivity index (χ2v) is 14.4. The Kier molecular flexibility index (Phi) is 11.6. The van der Waals surface area contributed by atoms with Crippen molar-refractivity contribution >= 4 is 29.6 Å². The van der Waals surface area contributed by atoms with Crippen molar-refractivity contribution in [1.82, 2.24) is 29.8 Å². The number of amides is 6. The number of carbonyl (C=O) groups excluding carboxylic acids is 4. The molecule has 0 spiro atoms. The number of hydrogen-bond donors (Lipinski definition) is 2. The van der Waals surface area contributed by atoms with Crippen LogP contribution in [0, 0.1) is 0 Å². The Morgan fingerprint density at radius 1 is 0.780 bits per heavy atom. The van der Waals surface area contributed by atoms with Crippen LogP contribution in [0.2, 0.25) is 0 Å². The highest BCUT2D eigenvalue weighted by Gasteiger charge is 2.35. The Morgan fingerprint density at radius 2 is 1.44 bits per heavy atom. The number of nitrogens with one attached hydrogen (secondary N) is 2. The first-order valence-electron chi connectivity index (χ1n) is 18.8. The molecule has 6 amide bonds. The van der Waals surface area contributed by atoms with Gasteiger partial charge in [0.05, 0.1) is 0 Å². The summed E-state index contributed by atoms with van der Waals surface area (Å²) in [4.78, 5) is 63.0. The summed E-state index contributed by atoms with van der Waals surface area (Å²) in [5.41, 5.74) is 5.68. The molecule has 4 heterocycles. The Hall–Kier alpha value is -4.12. The Morgan fingerprint density at radius 3 is 2.12 bits per heavy atom. The zero-order valence-corrected chi connectivity index (χ0v) is 30.2. The van der Waals surface area contributed by atoms with Crippen LogP contribution < -0.4 is 10.6 Å². The van der Waals surface area contributed by atoms with E-state index in [9.17, 15) is 19.2 Å². The lowest BCUT2D eigenvalue weighted by Gasteiger charge is -2.43. The topological polar surface area (TPSA) is 109 Å². The van der Waals surface area contributed by atoms with E-state index in [1.165, 1.54) is 11.1 Å². The van der Waals surface area contributed by atoms with E-state index in [-0.39, 0.29) is 29.9 Å². The van der Waals surface area contributed by atoms with Gasteiger partial charge in [-0.25, -0.2) is 9.59 Å². The van der Waals surface area contributed by atoms with Crippen molar-refractivity contribution in [2.24, 2.45) is 0 Å². The molecule has 4 aliphatic heterocycles. The van der Waals surface area contributed by atoms with Gasteiger partial charge in [-0.05, 0) is 73.3 Å². The predicted molar refractivity (Wildman–Crippen MR) is 195 cm³/mol. The number of para-hydroxylation sites is 1. The summed E-state index contributed by atoms with van der Waals surface area (Å²) in [7, 11) is 0. The van der Waals surface area contributed by atoms with Crippen LogP contribution in [0.15, 0.2) is 42.5 Å². The van der Waals surface area contributed by atoms with Crippen molar-refractivity contribution in [2.45, 2.75) is 90.3 Å². The number of aryl methyl sites for hydroxylation is 2. The van der Waals surface area contributed by atoms with Gasteiger partial charge < -0.3 is 30.2 Å². The highest BCUT2D eigenvalue weighted by atomic mass is 16.2. The molecule has 3 saturated heterocycles. The van der Waals surface area contributed by atoms with Crippen LogP contribution >= 0.6 is 0 Å². The molecular weight excluding hydrogens is 630 g/mol. The number of piperidine rings is 2. The molecular formula is C39H55N7O4. The maximum absolute atomic E-state index is 14.2. The molecule has 2 N–H and O–H groups in total. The van der Waals surface area contributed by atoms with Crippen LogP contribution in [-0.2, 0) is 35.3 Å². The van der Waals surface area contributed by atoms with Crippen molar-refractivity contribution in [3.05, 3.63) is 64.7 Å². The minimum absolute atomic E-state index is 0.0218. The summed E-state index contributed by atoms with van der Waals surface area (Å²) in [6.45, 7) is 12.2. The van der Waals surface area contributed by atoms with Crippen LogP contribution in [0.25, 0.3) is 0 Å². The average molecular weight is 686 g/mol. The van der Waals surface area contributed by atoms with E-state index in [1.807, 2.05) is 37.8 Å². The number of anilines is 1. The van der Waals surface area contributed by atoms with Gasteiger partial charge in [-0.15, -0.1) is 0 Å². The van der Waals surface area contributed by atoms with E-state index in [1.54, 1.807) is 6.92 Å². The highest BCUT2D eigenvalue weighted by Crippen LogP contribution is 2.25. The van der Waals surface area contributed by atoms with Crippen LogP contribution in [0.3, 0.4) is 0 Å². The van der Waals surface area contributed by atoms with Gasteiger partial charge in [-0.2, -0.15) is 0 Å². The van der Waals surface area contributed by atoms with Crippen LogP contribution in [0.4, 0.5) is 15.3 Å². The molecule has 3 fully saturated rings. The van der Waals surface area contributed by atoms with Gasteiger partial charge in [0, 0.05) is 90.0 Å². The minimum atomic E-state index is -0.664. The van der Waals surface area contributed by atoms with Crippen LogP contribution in [0.5, 0.6) is 0 Å². The third kappa shape index (κ3) is 8.25. The average Bonchev–Trinajstić information content (AvgIpc) is 3.32. The summed E-state index contributed by atoms with van der Waals surface area (Å²) in [5, 5.41) is 6.24. The van der Waals surface area contributed by atoms with Crippen molar-refractivity contribution < 1.29 is 19.2 Å². The fourth-order valence-electron chi connectivity index (χ4n) is 8.35. The molecule has 11 heteroatoms. The number of rotatable bonds is 8. The largest absolute Gasteiger partial charge is 0.341 e. The van der Waals surface area contributed by atoms with Gasteiger partial charge in [0.1, 0.15) is 6.04 Å². The second-order valence-electron chi connectivity index (χ2n) is 14.4. The number of likely N-dealkylation sites (tertiary alicyclic amines) is 2. The van der Waals surface area contributed by atoms with E-state index in [4.69, 9.17) is 0 Å². The molecule has 270 valence electrons. The molecule has 0 saturated carbocycles. The quantitative estimate of drug-likeness (QED) is 0.435. The van der Waals surface area contributed by atoms with Gasteiger partial charge in [0.15, 0.2) is 0 Å². The molecule has 0 aromatic heterocycles. The Labute approximate surface area is 297 Å². The molecule has 4 aliphatic rings. The predicted octanol–water partition coefficient (Wildman–Crippen LogP) is 4.14. The summed E-state index contributed by atoms with van der Waals surface area (Å²) in [6, 6.07) is 13.9. The van der Waals surface area contributed by atoms with Crippen LogP contribution in [-0.4, -0.2) is 125 Å². The fourth-order valence-corrected chi connectivity index (χ4v) is 8.35. The summed E-state index contributed by atoms with van der Waals surface area (Å²) in [5.74, 6) is 0.112. The van der Waals surface area contributed by atoms with Gasteiger partial charge in [-0.3, -0.25) is 14.5 Å². The first kappa shape index (κ1) is 35.7. The molecule has 2 aromatic carbocycles.